The quantitative estimate of drug-likeness (QED) is 0.520. The number of amides is 3. The minimum Gasteiger partial charge on any atom is -0.336 e. The first-order valence-corrected chi connectivity index (χ1v) is 13.0. The maximum Gasteiger partial charge on any atom is 0.253 e. The summed E-state index contributed by atoms with van der Waals surface area (Å²) in [5, 5.41) is 0.0332. The maximum absolute atomic E-state index is 13.1. The molecule has 2 aliphatic rings. The average Bonchev–Trinajstić information content (AvgIpc) is 3.10. The molecule has 174 valence electrons. The Morgan fingerprint density at radius 3 is 1.91 bits per heavy atom. The van der Waals surface area contributed by atoms with Gasteiger partial charge in [0.05, 0.1) is 15.7 Å². The molecule has 0 unspecified atom stereocenters. The summed E-state index contributed by atoms with van der Waals surface area (Å²) < 4.78 is 28.0. The van der Waals surface area contributed by atoms with Gasteiger partial charge in [-0.05, 0) is 36.4 Å². The van der Waals surface area contributed by atoms with Crippen molar-refractivity contribution in [3.63, 3.8) is 0 Å². The van der Waals surface area contributed by atoms with Crippen LogP contribution in [-0.2, 0) is 19.6 Å². The van der Waals surface area contributed by atoms with Gasteiger partial charge in [-0.1, -0.05) is 39.1 Å². The number of anilines is 1. The van der Waals surface area contributed by atoms with Crippen molar-refractivity contribution in [1.82, 2.24) is 9.21 Å². The van der Waals surface area contributed by atoms with Crippen LogP contribution in [0.4, 0.5) is 5.69 Å². The third-order valence-electron chi connectivity index (χ3n) is 5.51. The van der Waals surface area contributed by atoms with Crippen molar-refractivity contribution >= 4 is 72.6 Å². The Morgan fingerprint density at radius 2 is 1.39 bits per heavy atom. The first kappa shape index (κ1) is 24.2. The molecule has 0 aromatic heterocycles. The summed E-state index contributed by atoms with van der Waals surface area (Å²) in [5.41, 5.74) is 0.811. The van der Waals surface area contributed by atoms with Crippen LogP contribution in [0.1, 0.15) is 23.2 Å². The second-order valence-corrected chi connectivity index (χ2v) is 11.2. The molecule has 2 aromatic carbocycles. The van der Waals surface area contributed by atoms with Gasteiger partial charge in [0.1, 0.15) is 4.90 Å². The molecule has 0 bridgehead atoms. The van der Waals surface area contributed by atoms with Gasteiger partial charge >= 0.3 is 0 Å². The van der Waals surface area contributed by atoms with Crippen LogP contribution >= 0.6 is 39.1 Å². The first-order chi connectivity index (χ1) is 15.6. The fourth-order valence-corrected chi connectivity index (χ4v) is 7.14. The lowest BCUT2D eigenvalue weighted by atomic mass is 10.1. The number of nitrogens with zero attached hydrogens (tertiary/aromatic N) is 3. The topological polar surface area (TPSA) is 95.1 Å². The van der Waals surface area contributed by atoms with E-state index in [1.807, 2.05) is 0 Å². The Morgan fingerprint density at radius 1 is 0.879 bits per heavy atom. The Labute approximate surface area is 209 Å². The molecule has 2 aliphatic heterocycles. The van der Waals surface area contributed by atoms with E-state index in [1.54, 1.807) is 29.2 Å². The summed E-state index contributed by atoms with van der Waals surface area (Å²) in [5.74, 6) is -0.790. The van der Waals surface area contributed by atoms with Crippen LogP contribution < -0.4 is 4.90 Å². The van der Waals surface area contributed by atoms with Crippen molar-refractivity contribution < 1.29 is 22.8 Å². The number of hydrogen-bond acceptors (Lipinski definition) is 5. The van der Waals surface area contributed by atoms with E-state index < -0.39 is 10.0 Å². The van der Waals surface area contributed by atoms with Gasteiger partial charge in [0.25, 0.3) is 5.91 Å². The summed E-state index contributed by atoms with van der Waals surface area (Å²) in [4.78, 5) is 39.2. The fraction of sp³-hybridized carbons (Fsp3) is 0.286. The van der Waals surface area contributed by atoms with Crippen molar-refractivity contribution in [1.29, 1.82) is 0 Å². The maximum atomic E-state index is 13.1. The van der Waals surface area contributed by atoms with Crippen LogP contribution in [0.25, 0.3) is 0 Å². The molecule has 0 atom stereocenters. The van der Waals surface area contributed by atoms with Crippen molar-refractivity contribution in [2.45, 2.75) is 17.7 Å². The van der Waals surface area contributed by atoms with Crippen LogP contribution in [0, 0.1) is 0 Å². The molecule has 0 saturated carbocycles. The lowest BCUT2D eigenvalue weighted by molar-refractivity contribution is -0.121. The highest BCUT2D eigenvalue weighted by Gasteiger charge is 2.34. The number of benzene rings is 2. The van der Waals surface area contributed by atoms with Gasteiger partial charge in [-0.2, -0.15) is 4.31 Å². The molecule has 33 heavy (non-hydrogen) atoms. The van der Waals surface area contributed by atoms with E-state index in [2.05, 4.69) is 15.9 Å². The molecule has 0 spiro atoms. The van der Waals surface area contributed by atoms with E-state index in [0.717, 1.165) is 4.90 Å². The number of hydrogen-bond donors (Lipinski definition) is 0. The number of rotatable bonds is 4. The van der Waals surface area contributed by atoms with E-state index >= 15 is 0 Å². The molecule has 0 aliphatic carbocycles. The molecule has 12 heteroatoms. The summed E-state index contributed by atoms with van der Waals surface area (Å²) in [6.07, 6.45) is 0.368. The lowest BCUT2D eigenvalue weighted by Gasteiger charge is -2.34. The summed E-state index contributed by atoms with van der Waals surface area (Å²) >= 11 is 15.5. The number of halogens is 3. The van der Waals surface area contributed by atoms with Crippen LogP contribution in [0.2, 0.25) is 10.0 Å². The Hall–Kier alpha value is -1.98. The average molecular weight is 575 g/mol. The van der Waals surface area contributed by atoms with Gasteiger partial charge in [0.2, 0.25) is 21.8 Å². The Kier molecular flexibility index (Phi) is 6.84. The molecule has 0 radical (unpaired) electrons. The predicted molar refractivity (Wildman–Crippen MR) is 127 cm³/mol. The highest BCUT2D eigenvalue weighted by molar-refractivity contribution is 9.10. The number of carbonyl (C=O) groups is 3. The minimum atomic E-state index is -3.94. The standard InChI is InChI=1S/C21H18BrCl2N3O5S/c22-14-11-16(23)20(17(24)12-14)33(31,32)26-9-7-25(8-10-26)21(30)13-1-3-15(4-2-13)27-18(28)5-6-19(27)29/h1-4,11-12H,5-10H2. The zero-order valence-corrected chi connectivity index (χ0v) is 21.0. The van der Waals surface area contributed by atoms with Crippen molar-refractivity contribution in [2.75, 3.05) is 31.1 Å². The van der Waals surface area contributed by atoms with Crippen molar-refractivity contribution in [3.8, 4) is 0 Å². The molecule has 2 aromatic rings. The molecule has 2 heterocycles. The van der Waals surface area contributed by atoms with Gasteiger partial charge in [-0.3, -0.25) is 19.3 Å². The molecular weight excluding hydrogens is 557 g/mol. The summed E-state index contributed by atoms with van der Waals surface area (Å²) in [7, 11) is -3.94. The van der Waals surface area contributed by atoms with Crippen molar-refractivity contribution in [2.24, 2.45) is 0 Å². The van der Waals surface area contributed by atoms with Gasteiger partial charge in [0, 0.05) is 49.1 Å². The SMILES string of the molecule is O=C(c1ccc(N2C(=O)CCC2=O)cc1)N1CCN(S(=O)(=O)c2c(Cl)cc(Br)cc2Cl)CC1. The molecule has 0 N–H and O–H groups in total. The minimum absolute atomic E-state index is 0.0166. The third kappa shape index (κ3) is 4.67. The van der Waals surface area contributed by atoms with Crippen LogP contribution in [0.3, 0.4) is 0 Å². The second-order valence-electron chi connectivity index (χ2n) is 7.56. The smallest absolute Gasteiger partial charge is 0.253 e. The number of imide groups is 1. The van der Waals surface area contributed by atoms with Gasteiger partial charge in [-0.25, -0.2) is 8.42 Å². The lowest BCUT2D eigenvalue weighted by Crippen LogP contribution is -2.50. The normalized spacial score (nSPS) is 17.7. The van der Waals surface area contributed by atoms with E-state index in [1.165, 1.54) is 16.4 Å². The van der Waals surface area contributed by atoms with E-state index in [9.17, 15) is 22.8 Å². The zero-order valence-electron chi connectivity index (χ0n) is 17.1. The summed E-state index contributed by atoms with van der Waals surface area (Å²) in [6.45, 7) is 0.556. The molecule has 4 rings (SSSR count). The second kappa shape index (κ2) is 9.34. The van der Waals surface area contributed by atoms with E-state index in [4.69, 9.17) is 23.2 Å². The van der Waals surface area contributed by atoms with Crippen LogP contribution in [0.5, 0.6) is 0 Å². The van der Waals surface area contributed by atoms with Gasteiger partial charge in [0.15, 0.2) is 0 Å². The van der Waals surface area contributed by atoms with Gasteiger partial charge < -0.3 is 4.90 Å². The first-order valence-electron chi connectivity index (χ1n) is 9.99. The number of sulfonamides is 1. The highest BCUT2D eigenvalue weighted by atomic mass is 79.9. The molecular formula is C21H18BrCl2N3O5S. The van der Waals surface area contributed by atoms with E-state index in [-0.39, 0.29) is 71.7 Å². The van der Waals surface area contributed by atoms with Crippen molar-refractivity contribution in [3.05, 3.63) is 56.5 Å². The third-order valence-corrected chi connectivity index (χ3v) is 8.79. The molecule has 8 nitrogen and oxygen atoms in total. The number of carbonyl (C=O) groups excluding carboxylic acids is 3. The monoisotopic (exact) mass is 573 g/mol. The van der Waals surface area contributed by atoms with Crippen LogP contribution in [-0.4, -0.2) is 61.5 Å². The molecule has 2 saturated heterocycles. The zero-order chi connectivity index (χ0) is 23.9. The Bertz CT molecular complexity index is 1210. The highest BCUT2D eigenvalue weighted by Crippen LogP contribution is 2.35. The molecule has 2 fully saturated rings. The largest absolute Gasteiger partial charge is 0.336 e. The van der Waals surface area contributed by atoms with E-state index in [0.29, 0.717) is 15.7 Å². The van der Waals surface area contributed by atoms with Crippen LogP contribution in [0.15, 0.2) is 45.8 Å². The number of piperazine rings is 1. The van der Waals surface area contributed by atoms with Gasteiger partial charge in [-0.15, -0.1) is 0 Å². The predicted octanol–water partition coefficient (Wildman–Crippen LogP) is 3.56. The summed E-state index contributed by atoms with van der Waals surface area (Å²) in [6, 6.07) is 9.17. The Balaban J connectivity index is 1.44. The fourth-order valence-electron chi connectivity index (χ4n) is 3.84. The molecule has 3 amide bonds.